The summed E-state index contributed by atoms with van der Waals surface area (Å²) >= 11 is 5.98. The number of benzene rings is 2. The molecule has 2 aromatic carbocycles. The number of rotatable bonds is 6. The molecular weight excluding hydrogens is 419 g/mol. The molecule has 2 N–H and O–H groups in total. The molecule has 1 unspecified atom stereocenters. The van der Waals surface area contributed by atoms with E-state index >= 15 is 0 Å². The van der Waals surface area contributed by atoms with Crippen LogP contribution in [0.1, 0.15) is 11.8 Å². The third-order valence-electron chi connectivity index (χ3n) is 5.36. The lowest BCUT2D eigenvalue weighted by Gasteiger charge is -2.39. The maximum atomic E-state index is 13.2. The van der Waals surface area contributed by atoms with Crippen molar-refractivity contribution >= 4 is 29.0 Å². The summed E-state index contributed by atoms with van der Waals surface area (Å²) in [6, 6.07) is 17.0. The average Bonchev–Trinajstić information content (AvgIpc) is 3.30. The van der Waals surface area contributed by atoms with Crippen LogP contribution in [0.15, 0.2) is 71.3 Å². The summed E-state index contributed by atoms with van der Waals surface area (Å²) < 4.78 is 18.9. The van der Waals surface area contributed by atoms with Crippen LogP contribution in [0, 0.1) is 5.82 Å². The molecule has 162 valence electrons. The predicted octanol–water partition coefficient (Wildman–Crippen LogP) is 4.76. The topological polar surface area (TPSA) is 60.8 Å². The molecule has 31 heavy (non-hydrogen) atoms. The van der Waals surface area contributed by atoms with Gasteiger partial charge in [-0.1, -0.05) is 17.7 Å². The van der Waals surface area contributed by atoms with Gasteiger partial charge in [-0.2, -0.15) is 0 Å². The van der Waals surface area contributed by atoms with E-state index in [2.05, 4.69) is 20.4 Å². The van der Waals surface area contributed by atoms with Crippen molar-refractivity contribution in [3.8, 4) is 0 Å². The van der Waals surface area contributed by atoms with E-state index in [0.29, 0.717) is 17.3 Å². The largest absolute Gasteiger partial charge is 0.468 e. The molecule has 1 fully saturated rings. The molecule has 2 amide bonds. The maximum absolute atomic E-state index is 13.2. The van der Waals surface area contributed by atoms with Crippen LogP contribution in [-0.2, 0) is 0 Å². The van der Waals surface area contributed by atoms with Gasteiger partial charge in [0.2, 0.25) is 0 Å². The molecule has 2 heterocycles. The smallest absolute Gasteiger partial charge is 0.319 e. The van der Waals surface area contributed by atoms with E-state index in [1.54, 1.807) is 42.7 Å². The number of nitrogens with zero attached hydrogens (tertiary/aromatic N) is 2. The van der Waals surface area contributed by atoms with Crippen molar-refractivity contribution < 1.29 is 13.6 Å². The molecular formula is C23H24ClFN4O2. The van der Waals surface area contributed by atoms with E-state index in [-0.39, 0.29) is 17.9 Å². The van der Waals surface area contributed by atoms with Crippen LogP contribution < -0.4 is 15.5 Å². The number of hydrogen-bond donors (Lipinski definition) is 2. The van der Waals surface area contributed by atoms with Gasteiger partial charge < -0.3 is 20.0 Å². The minimum Gasteiger partial charge on any atom is -0.468 e. The van der Waals surface area contributed by atoms with Crippen molar-refractivity contribution in [2.45, 2.75) is 6.04 Å². The standard InChI is InChI=1S/C23H24ClFN4O2/c24-17-3-1-4-19(15-17)27-23(30)26-16-21(22-5-2-14-31-22)29-12-10-28(11-13-29)20-8-6-18(25)7-9-20/h1-9,14-15,21H,10-13,16H2,(H2,26,27,30). The van der Waals surface area contributed by atoms with Gasteiger partial charge in [0.15, 0.2) is 0 Å². The monoisotopic (exact) mass is 442 g/mol. The molecule has 0 spiro atoms. The Morgan fingerprint density at radius 2 is 1.84 bits per heavy atom. The minimum atomic E-state index is -0.302. The number of furan rings is 1. The second kappa shape index (κ2) is 9.85. The Hall–Kier alpha value is -3.03. The maximum Gasteiger partial charge on any atom is 0.319 e. The number of piperazine rings is 1. The second-order valence-electron chi connectivity index (χ2n) is 7.38. The summed E-state index contributed by atoms with van der Waals surface area (Å²) in [6.45, 7) is 3.59. The molecule has 1 aliphatic rings. The summed E-state index contributed by atoms with van der Waals surface area (Å²) in [6.07, 6.45) is 1.64. The summed E-state index contributed by atoms with van der Waals surface area (Å²) in [7, 11) is 0. The zero-order chi connectivity index (χ0) is 21.6. The molecule has 3 aromatic rings. The third kappa shape index (κ3) is 5.57. The van der Waals surface area contributed by atoms with Crippen LogP contribution >= 0.6 is 11.6 Å². The zero-order valence-electron chi connectivity index (χ0n) is 16.9. The second-order valence-corrected chi connectivity index (χ2v) is 7.81. The van der Waals surface area contributed by atoms with Crippen LogP contribution in [0.5, 0.6) is 0 Å². The molecule has 1 aromatic heterocycles. The van der Waals surface area contributed by atoms with E-state index in [1.807, 2.05) is 12.1 Å². The fourth-order valence-electron chi connectivity index (χ4n) is 3.77. The van der Waals surface area contributed by atoms with Crippen molar-refractivity contribution in [3.63, 3.8) is 0 Å². The van der Waals surface area contributed by atoms with Gasteiger partial charge in [-0.15, -0.1) is 0 Å². The van der Waals surface area contributed by atoms with Crippen LogP contribution in [0.3, 0.4) is 0 Å². The van der Waals surface area contributed by atoms with Crippen molar-refractivity contribution in [2.75, 3.05) is 42.9 Å². The number of carbonyl (C=O) groups excluding carboxylic acids is 1. The Bertz CT molecular complexity index is 989. The first-order valence-corrected chi connectivity index (χ1v) is 10.5. The average molecular weight is 443 g/mol. The van der Waals surface area contributed by atoms with Crippen LogP contribution in [0.4, 0.5) is 20.6 Å². The van der Waals surface area contributed by atoms with Crippen molar-refractivity contribution in [3.05, 3.63) is 83.5 Å². The van der Waals surface area contributed by atoms with Crippen LogP contribution in [0.25, 0.3) is 0 Å². The van der Waals surface area contributed by atoms with Gasteiger partial charge in [0, 0.05) is 49.1 Å². The number of anilines is 2. The summed E-state index contributed by atoms with van der Waals surface area (Å²) in [5.74, 6) is 0.570. The highest BCUT2D eigenvalue weighted by Crippen LogP contribution is 2.24. The number of urea groups is 1. The predicted molar refractivity (Wildman–Crippen MR) is 120 cm³/mol. The number of halogens is 2. The Morgan fingerprint density at radius 1 is 1.06 bits per heavy atom. The van der Waals surface area contributed by atoms with Gasteiger partial charge >= 0.3 is 6.03 Å². The molecule has 6 nitrogen and oxygen atoms in total. The number of hydrogen-bond acceptors (Lipinski definition) is 4. The van der Waals surface area contributed by atoms with Gasteiger partial charge in [-0.25, -0.2) is 9.18 Å². The molecule has 0 aliphatic carbocycles. The summed E-state index contributed by atoms with van der Waals surface area (Å²) in [5.41, 5.74) is 1.64. The first-order chi connectivity index (χ1) is 15.1. The Labute approximate surface area is 185 Å². The van der Waals surface area contributed by atoms with Gasteiger partial charge in [0.1, 0.15) is 11.6 Å². The first-order valence-electron chi connectivity index (χ1n) is 10.2. The highest BCUT2D eigenvalue weighted by Gasteiger charge is 2.27. The molecule has 0 radical (unpaired) electrons. The Morgan fingerprint density at radius 3 is 2.52 bits per heavy atom. The fourth-order valence-corrected chi connectivity index (χ4v) is 3.96. The Kier molecular flexibility index (Phi) is 6.74. The van der Waals surface area contributed by atoms with E-state index in [4.69, 9.17) is 16.0 Å². The quantitative estimate of drug-likeness (QED) is 0.578. The number of nitrogens with one attached hydrogen (secondary N) is 2. The van der Waals surface area contributed by atoms with E-state index < -0.39 is 0 Å². The molecule has 1 atom stereocenters. The first kappa shape index (κ1) is 21.2. The van der Waals surface area contributed by atoms with Crippen molar-refractivity contribution in [2.24, 2.45) is 0 Å². The van der Waals surface area contributed by atoms with E-state index in [1.165, 1.54) is 12.1 Å². The SMILES string of the molecule is O=C(NCC(c1ccco1)N1CCN(c2ccc(F)cc2)CC1)Nc1cccc(Cl)c1. The molecule has 8 heteroatoms. The molecule has 4 rings (SSSR count). The van der Waals surface area contributed by atoms with Crippen molar-refractivity contribution in [1.29, 1.82) is 0 Å². The molecule has 0 saturated carbocycles. The summed E-state index contributed by atoms with van der Waals surface area (Å²) in [4.78, 5) is 16.9. The highest BCUT2D eigenvalue weighted by molar-refractivity contribution is 6.30. The number of carbonyl (C=O) groups is 1. The fraction of sp³-hybridized carbons (Fsp3) is 0.261. The van der Waals surface area contributed by atoms with Crippen LogP contribution in [-0.4, -0.2) is 43.7 Å². The summed E-state index contributed by atoms with van der Waals surface area (Å²) in [5, 5.41) is 6.29. The molecule has 1 saturated heterocycles. The van der Waals surface area contributed by atoms with Gasteiger partial charge in [-0.05, 0) is 54.6 Å². The molecule has 1 aliphatic heterocycles. The lowest BCUT2D eigenvalue weighted by Crippen LogP contribution is -2.50. The normalized spacial score (nSPS) is 15.5. The van der Waals surface area contributed by atoms with E-state index in [9.17, 15) is 9.18 Å². The number of amides is 2. The van der Waals surface area contributed by atoms with Gasteiger partial charge in [-0.3, -0.25) is 4.90 Å². The van der Waals surface area contributed by atoms with Gasteiger partial charge in [0.25, 0.3) is 0 Å². The zero-order valence-corrected chi connectivity index (χ0v) is 17.7. The highest BCUT2D eigenvalue weighted by atomic mass is 35.5. The lowest BCUT2D eigenvalue weighted by atomic mass is 10.1. The van der Waals surface area contributed by atoms with Crippen molar-refractivity contribution in [1.82, 2.24) is 10.2 Å². The Balaban J connectivity index is 1.36. The molecule has 0 bridgehead atoms. The van der Waals surface area contributed by atoms with E-state index in [0.717, 1.165) is 37.6 Å². The minimum absolute atomic E-state index is 0.0875. The lowest BCUT2D eigenvalue weighted by molar-refractivity contribution is 0.162. The third-order valence-corrected chi connectivity index (χ3v) is 5.59. The van der Waals surface area contributed by atoms with Gasteiger partial charge in [0.05, 0.1) is 12.3 Å². The van der Waals surface area contributed by atoms with Crippen LogP contribution in [0.2, 0.25) is 5.02 Å².